The summed E-state index contributed by atoms with van der Waals surface area (Å²) in [6, 6.07) is 7.57. The highest BCUT2D eigenvalue weighted by molar-refractivity contribution is 5.78. The van der Waals surface area contributed by atoms with Gasteiger partial charge in [0.15, 0.2) is 0 Å². The van der Waals surface area contributed by atoms with Crippen molar-refractivity contribution in [2.24, 2.45) is 0 Å². The van der Waals surface area contributed by atoms with Gasteiger partial charge in [-0.2, -0.15) is 0 Å². The Balaban J connectivity index is 2.47. The highest BCUT2D eigenvalue weighted by Crippen LogP contribution is 2.30. The number of aliphatic hydroxyl groups is 2. The molecule has 0 aliphatic heterocycles. The normalized spacial score (nSPS) is 14.3. The molecule has 3 heteroatoms. The van der Waals surface area contributed by atoms with Crippen LogP contribution in [0, 0.1) is 6.92 Å². The van der Waals surface area contributed by atoms with Crippen molar-refractivity contribution in [3.05, 3.63) is 35.6 Å². The summed E-state index contributed by atoms with van der Waals surface area (Å²) in [4.78, 5) is 0. The standard InChI is InChI=1S/C13H16O3/c1-8-4-5-10-9(6-8)7-11(16-10)12(14)13(2,3)15/h4-7,12,14-15H,1-3H3. The SMILES string of the molecule is Cc1ccc2oc(C(O)C(C)(C)O)cc2c1. The van der Waals surface area contributed by atoms with Crippen LogP contribution in [0.25, 0.3) is 11.0 Å². The zero-order chi connectivity index (χ0) is 11.9. The third-order valence-corrected chi connectivity index (χ3v) is 2.63. The molecular weight excluding hydrogens is 204 g/mol. The summed E-state index contributed by atoms with van der Waals surface area (Å²) in [5.74, 6) is 0.396. The minimum Gasteiger partial charge on any atom is -0.458 e. The largest absolute Gasteiger partial charge is 0.458 e. The van der Waals surface area contributed by atoms with Crippen LogP contribution in [0.15, 0.2) is 28.7 Å². The van der Waals surface area contributed by atoms with E-state index in [-0.39, 0.29) is 0 Å². The van der Waals surface area contributed by atoms with Crippen molar-refractivity contribution in [3.63, 3.8) is 0 Å². The molecule has 0 spiro atoms. The second-order valence-corrected chi connectivity index (χ2v) is 4.75. The van der Waals surface area contributed by atoms with Crippen molar-refractivity contribution in [2.45, 2.75) is 32.5 Å². The summed E-state index contributed by atoms with van der Waals surface area (Å²) in [6.45, 7) is 5.10. The van der Waals surface area contributed by atoms with Gasteiger partial charge in [0.2, 0.25) is 0 Å². The number of fused-ring (bicyclic) bond motifs is 1. The smallest absolute Gasteiger partial charge is 0.140 e. The predicted octanol–water partition coefficient (Wildman–Crippen LogP) is 2.55. The second kappa shape index (κ2) is 3.61. The fourth-order valence-corrected chi connectivity index (χ4v) is 1.67. The number of hydrogen-bond donors (Lipinski definition) is 2. The van der Waals surface area contributed by atoms with Crippen molar-refractivity contribution >= 4 is 11.0 Å². The van der Waals surface area contributed by atoms with Crippen LogP contribution in [0.5, 0.6) is 0 Å². The molecule has 0 saturated heterocycles. The summed E-state index contributed by atoms with van der Waals surface area (Å²) in [7, 11) is 0. The third-order valence-electron chi connectivity index (χ3n) is 2.63. The lowest BCUT2D eigenvalue weighted by Gasteiger charge is -2.22. The van der Waals surface area contributed by atoms with Crippen molar-refractivity contribution < 1.29 is 14.6 Å². The molecular formula is C13H16O3. The maximum Gasteiger partial charge on any atom is 0.140 e. The molecule has 0 saturated carbocycles. The molecule has 2 aromatic rings. The molecule has 0 radical (unpaired) electrons. The average molecular weight is 220 g/mol. The van der Waals surface area contributed by atoms with Crippen LogP contribution in [-0.4, -0.2) is 15.8 Å². The van der Waals surface area contributed by atoms with Gasteiger partial charge < -0.3 is 14.6 Å². The molecule has 0 fully saturated rings. The van der Waals surface area contributed by atoms with Gasteiger partial charge in [-0.1, -0.05) is 11.6 Å². The first-order chi connectivity index (χ1) is 7.38. The fourth-order valence-electron chi connectivity index (χ4n) is 1.67. The van der Waals surface area contributed by atoms with Crippen LogP contribution < -0.4 is 0 Å². The molecule has 1 unspecified atom stereocenters. The lowest BCUT2D eigenvalue weighted by atomic mass is 10.00. The van der Waals surface area contributed by atoms with Crippen molar-refractivity contribution in [3.8, 4) is 0 Å². The lowest BCUT2D eigenvalue weighted by molar-refractivity contribution is -0.0588. The van der Waals surface area contributed by atoms with E-state index in [9.17, 15) is 10.2 Å². The minimum absolute atomic E-state index is 0.396. The van der Waals surface area contributed by atoms with Crippen LogP contribution in [0.2, 0.25) is 0 Å². The molecule has 2 N–H and O–H groups in total. The molecule has 0 bridgehead atoms. The zero-order valence-electron chi connectivity index (χ0n) is 9.69. The number of rotatable bonds is 2. The molecule has 0 amide bonds. The van der Waals surface area contributed by atoms with Gasteiger partial charge in [0.1, 0.15) is 17.4 Å². The van der Waals surface area contributed by atoms with Crippen LogP contribution >= 0.6 is 0 Å². The van der Waals surface area contributed by atoms with Gasteiger partial charge in [0.25, 0.3) is 0 Å². The van der Waals surface area contributed by atoms with Crippen molar-refractivity contribution in [1.29, 1.82) is 0 Å². The van der Waals surface area contributed by atoms with Crippen LogP contribution in [0.4, 0.5) is 0 Å². The topological polar surface area (TPSA) is 53.6 Å². The van der Waals surface area contributed by atoms with Gasteiger partial charge >= 0.3 is 0 Å². The van der Waals surface area contributed by atoms with Gasteiger partial charge in [-0.25, -0.2) is 0 Å². The number of furan rings is 1. The van der Waals surface area contributed by atoms with Gasteiger partial charge in [0, 0.05) is 5.39 Å². The van der Waals surface area contributed by atoms with E-state index in [1.807, 2.05) is 25.1 Å². The van der Waals surface area contributed by atoms with Gasteiger partial charge in [-0.15, -0.1) is 0 Å². The Hall–Kier alpha value is -1.32. The Morgan fingerprint density at radius 2 is 1.94 bits per heavy atom. The van der Waals surface area contributed by atoms with E-state index in [0.29, 0.717) is 5.76 Å². The lowest BCUT2D eigenvalue weighted by Crippen LogP contribution is -2.28. The van der Waals surface area contributed by atoms with Gasteiger partial charge in [-0.3, -0.25) is 0 Å². The predicted molar refractivity (Wildman–Crippen MR) is 62.2 cm³/mol. The van der Waals surface area contributed by atoms with E-state index in [1.54, 1.807) is 19.9 Å². The molecule has 0 aliphatic carbocycles. The Morgan fingerprint density at radius 3 is 2.56 bits per heavy atom. The van der Waals surface area contributed by atoms with E-state index in [0.717, 1.165) is 16.5 Å². The number of hydrogen-bond acceptors (Lipinski definition) is 3. The van der Waals surface area contributed by atoms with E-state index >= 15 is 0 Å². The molecule has 1 aromatic heterocycles. The third kappa shape index (κ3) is 1.96. The van der Waals surface area contributed by atoms with E-state index in [4.69, 9.17) is 4.42 Å². The Bertz CT molecular complexity index is 505. The maximum atomic E-state index is 9.88. The van der Waals surface area contributed by atoms with E-state index < -0.39 is 11.7 Å². The first kappa shape index (κ1) is 11.2. The Morgan fingerprint density at radius 1 is 1.25 bits per heavy atom. The minimum atomic E-state index is -1.21. The van der Waals surface area contributed by atoms with Gasteiger partial charge in [0.05, 0.1) is 5.60 Å². The summed E-state index contributed by atoms with van der Waals surface area (Å²) in [6.07, 6.45) is -1.01. The monoisotopic (exact) mass is 220 g/mol. The first-order valence-corrected chi connectivity index (χ1v) is 5.28. The number of benzene rings is 1. The fraction of sp³-hybridized carbons (Fsp3) is 0.385. The second-order valence-electron chi connectivity index (χ2n) is 4.75. The molecule has 1 heterocycles. The highest BCUT2D eigenvalue weighted by atomic mass is 16.4. The molecule has 2 rings (SSSR count). The summed E-state index contributed by atoms with van der Waals surface area (Å²) < 4.78 is 5.50. The molecule has 0 aliphatic rings. The Labute approximate surface area is 94.3 Å². The molecule has 86 valence electrons. The molecule has 3 nitrogen and oxygen atoms in total. The first-order valence-electron chi connectivity index (χ1n) is 5.28. The summed E-state index contributed by atoms with van der Waals surface area (Å²) in [5, 5.41) is 20.5. The quantitative estimate of drug-likeness (QED) is 0.817. The van der Waals surface area contributed by atoms with Crippen molar-refractivity contribution in [2.75, 3.05) is 0 Å². The maximum absolute atomic E-state index is 9.88. The van der Waals surface area contributed by atoms with E-state index in [2.05, 4.69) is 0 Å². The average Bonchev–Trinajstić information content (AvgIpc) is 2.57. The summed E-state index contributed by atoms with van der Waals surface area (Å²) in [5.41, 5.74) is 0.657. The summed E-state index contributed by atoms with van der Waals surface area (Å²) >= 11 is 0. The van der Waals surface area contributed by atoms with Crippen LogP contribution in [0.3, 0.4) is 0 Å². The zero-order valence-corrected chi connectivity index (χ0v) is 9.69. The van der Waals surface area contributed by atoms with Gasteiger partial charge in [-0.05, 0) is 39.0 Å². The highest BCUT2D eigenvalue weighted by Gasteiger charge is 2.29. The Kier molecular flexibility index (Phi) is 2.52. The molecule has 16 heavy (non-hydrogen) atoms. The van der Waals surface area contributed by atoms with Crippen molar-refractivity contribution in [1.82, 2.24) is 0 Å². The molecule has 1 atom stereocenters. The number of aryl methyl sites for hydroxylation is 1. The van der Waals surface area contributed by atoms with Crippen LogP contribution in [-0.2, 0) is 0 Å². The van der Waals surface area contributed by atoms with E-state index in [1.165, 1.54) is 0 Å². The van der Waals surface area contributed by atoms with Crippen LogP contribution in [0.1, 0.15) is 31.3 Å². The molecule has 1 aromatic carbocycles. The number of aliphatic hydroxyl groups excluding tert-OH is 1.